The lowest BCUT2D eigenvalue weighted by Crippen LogP contribution is -2.52. The molecule has 1 unspecified atom stereocenters. The quantitative estimate of drug-likeness (QED) is 0.567. The molecule has 2 N–H and O–H groups in total. The Hall–Kier alpha value is -3.52. The van der Waals surface area contributed by atoms with Crippen LogP contribution in [0.4, 0.5) is 4.39 Å². The van der Waals surface area contributed by atoms with E-state index in [1.165, 1.54) is 17.7 Å². The van der Waals surface area contributed by atoms with Gasteiger partial charge in [-0.3, -0.25) is 14.7 Å². The molecule has 0 radical (unpaired) electrons. The number of amides is 1. The zero-order valence-corrected chi connectivity index (χ0v) is 18.8. The van der Waals surface area contributed by atoms with E-state index in [-0.39, 0.29) is 12.0 Å². The number of halogens is 1. The monoisotopic (exact) mass is 468 g/mol. The zero-order chi connectivity index (χ0) is 24.2. The molecule has 0 spiro atoms. The van der Waals surface area contributed by atoms with Crippen molar-refractivity contribution in [3.63, 3.8) is 0 Å². The third kappa shape index (κ3) is 4.87. The lowest BCUT2D eigenvalue weighted by atomic mass is 10.00. The van der Waals surface area contributed by atoms with Crippen LogP contribution in [0.5, 0.6) is 0 Å². The van der Waals surface area contributed by atoms with E-state index in [0.717, 1.165) is 6.42 Å². The van der Waals surface area contributed by atoms with Crippen LogP contribution in [0.25, 0.3) is 22.2 Å². The molecule has 1 aliphatic heterocycles. The molecule has 0 saturated carbocycles. The number of fused-ring (bicyclic) bond motifs is 1. The highest BCUT2D eigenvalue weighted by molar-refractivity contribution is 5.82. The highest BCUT2D eigenvalue weighted by atomic mass is 19.1. The maximum atomic E-state index is 14.9. The summed E-state index contributed by atoms with van der Waals surface area (Å²) >= 11 is 0. The molecule has 10 heteroatoms. The lowest BCUT2D eigenvalue weighted by molar-refractivity contribution is -0.143. The third-order valence-corrected chi connectivity index (χ3v) is 5.83. The predicted molar refractivity (Wildman–Crippen MR) is 121 cm³/mol. The number of aryl methyl sites for hydroxylation is 1. The third-order valence-electron chi connectivity index (χ3n) is 5.83. The summed E-state index contributed by atoms with van der Waals surface area (Å²) in [5, 5.41) is 15.3. The second-order valence-electron chi connectivity index (χ2n) is 8.07. The fourth-order valence-electron chi connectivity index (χ4n) is 3.94. The summed E-state index contributed by atoms with van der Waals surface area (Å²) in [4.78, 5) is 24.4. The van der Waals surface area contributed by atoms with Crippen molar-refractivity contribution in [2.45, 2.75) is 31.2 Å². The summed E-state index contributed by atoms with van der Waals surface area (Å²) in [6.07, 6.45) is -0.831. The Morgan fingerprint density at radius 3 is 2.85 bits per heavy atom. The van der Waals surface area contributed by atoms with Crippen molar-refractivity contribution in [1.82, 2.24) is 15.2 Å². The zero-order valence-electron chi connectivity index (χ0n) is 18.8. The molecule has 1 saturated heterocycles. The van der Waals surface area contributed by atoms with Gasteiger partial charge >= 0.3 is 5.76 Å². The van der Waals surface area contributed by atoms with E-state index < -0.39 is 35.9 Å². The van der Waals surface area contributed by atoms with Crippen molar-refractivity contribution >= 4 is 17.0 Å². The number of methoxy groups -OCH3 is 1. The van der Waals surface area contributed by atoms with Gasteiger partial charge in [0.05, 0.1) is 11.6 Å². The number of carbonyl (C=O) groups excluding carboxylic acids is 1. The summed E-state index contributed by atoms with van der Waals surface area (Å²) in [7, 11) is 3.07. The number of nitrogens with zero attached hydrogens (tertiary/aromatic N) is 2. The SMILES string of the molecule is COC1NCCCO[C@@H]1C(=O)N[C@H](C#N)Cc1ccc(-c2ccc3oc(=O)n(C)c3c2)cc1F. The molecule has 1 amide bonds. The van der Waals surface area contributed by atoms with E-state index in [1.807, 2.05) is 6.07 Å². The van der Waals surface area contributed by atoms with Crippen LogP contribution in [0.1, 0.15) is 12.0 Å². The number of nitriles is 1. The summed E-state index contributed by atoms with van der Waals surface area (Å²) in [6, 6.07) is 10.9. The van der Waals surface area contributed by atoms with E-state index in [0.29, 0.717) is 35.4 Å². The molecule has 2 heterocycles. The highest BCUT2D eigenvalue weighted by Crippen LogP contribution is 2.26. The molecule has 4 rings (SSSR count). The maximum Gasteiger partial charge on any atom is 0.419 e. The van der Waals surface area contributed by atoms with Gasteiger partial charge in [0.25, 0.3) is 5.91 Å². The first-order chi connectivity index (χ1) is 16.4. The van der Waals surface area contributed by atoms with Gasteiger partial charge in [0.2, 0.25) is 0 Å². The average molecular weight is 468 g/mol. The van der Waals surface area contributed by atoms with Crippen LogP contribution in [0.3, 0.4) is 0 Å². The molecule has 1 fully saturated rings. The van der Waals surface area contributed by atoms with Gasteiger partial charge in [0.15, 0.2) is 11.7 Å². The molecule has 0 aliphatic carbocycles. The Balaban J connectivity index is 1.49. The van der Waals surface area contributed by atoms with Crippen LogP contribution >= 0.6 is 0 Å². The summed E-state index contributed by atoms with van der Waals surface area (Å²) in [6.45, 7) is 1.03. The van der Waals surface area contributed by atoms with E-state index in [2.05, 4.69) is 10.6 Å². The Morgan fingerprint density at radius 2 is 2.12 bits per heavy atom. The minimum atomic E-state index is -0.950. The first kappa shape index (κ1) is 23.6. The first-order valence-electron chi connectivity index (χ1n) is 10.9. The van der Waals surface area contributed by atoms with Crippen molar-refractivity contribution in [3.8, 4) is 17.2 Å². The van der Waals surface area contributed by atoms with Crippen LogP contribution < -0.4 is 16.4 Å². The van der Waals surface area contributed by atoms with Crippen molar-refractivity contribution in [1.29, 1.82) is 5.26 Å². The van der Waals surface area contributed by atoms with E-state index in [4.69, 9.17) is 13.9 Å². The molecule has 2 aromatic carbocycles. The molecule has 9 nitrogen and oxygen atoms in total. The molecular formula is C24H25FN4O5. The molecule has 3 aromatic rings. The Morgan fingerprint density at radius 1 is 1.35 bits per heavy atom. The number of hydrogen-bond acceptors (Lipinski definition) is 7. The fraction of sp³-hybridized carbons (Fsp3) is 0.375. The largest absolute Gasteiger partial charge is 0.419 e. The molecule has 34 heavy (non-hydrogen) atoms. The van der Waals surface area contributed by atoms with Crippen LogP contribution in [0, 0.1) is 17.1 Å². The maximum absolute atomic E-state index is 14.9. The smallest absolute Gasteiger partial charge is 0.408 e. The Bertz CT molecular complexity index is 1290. The summed E-state index contributed by atoms with van der Waals surface area (Å²) < 4.78 is 32.3. The highest BCUT2D eigenvalue weighted by Gasteiger charge is 2.32. The number of aromatic nitrogens is 1. The van der Waals surface area contributed by atoms with Crippen LogP contribution in [-0.4, -0.2) is 49.1 Å². The summed E-state index contributed by atoms with van der Waals surface area (Å²) in [5.74, 6) is -1.47. The molecule has 1 aliphatic rings. The van der Waals surface area contributed by atoms with Crippen LogP contribution in [0.15, 0.2) is 45.6 Å². The van der Waals surface area contributed by atoms with Crippen molar-refractivity contribution in [2.24, 2.45) is 7.05 Å². The Labute approximate surface area is 195 Å². The molecule has 178 valence electrons. The van der Waals surface area contributed by atoms with Gasteiger partial charge < -0.3 is 19.2 Å². The van der Waals surface area contributed by atoms with Gasteiger partial charge in [0, 0.05) is 27.2 Å². The minimum absolute atomic E-state index is 0.0125. The van der Waals surface area contributed by atoms with Crippen LogP contribution in [-0.2, 0) is 27.7 Å². The van der Waals surface area contributed by atoms with Gasteiger partial charge in [-0.2, -0.15) is 5.26 Å². The van der Waals surface area contributed by atoms with Gasteiger partial charge in [-0.1, -0.05) is 18.2 Å². The molecule has 3 atom stereocenters. The second-order valence-corrected chi connectivity index (χ2v) is 8.07. The van der Waals surface area contributed by atoms with E-state index in [1.54, 1.807) is 37.4 Å². The standard InChI is InChI=1S/C24H25FN4O5/c1-29-19-12-15(6-7-20(19)34-24(29)31)14-4-5-16(18(25)11-14)10-17(13-26)28-22(30)21-23(32-2)27-8-3-9-33-21/h4-7,11-12,17,21,23,27H,3,8-10H2,1-2H3,(H,28,30)/t17-,21+,23?/m0/s1. The summed E-state index contributed by atoms with van der Waals surface area (Å²) in [5.41, 5.74) is 2.65. The molecule has 0 bridgehead atoms. The number of nitrogens with one attached hydrogen (secondary N) is 2. The first-order valence-corrected chi connectivity index (χ1v) is 10.9. The van der Waals surface area contributed by atoms with Gasteiger partial charge in [-0.15, -0.1) is 0 Å². The number of ether oxygens (including phenoxy) is 2. The fourth-order valence-corrected chi connectivity index (χ4v) is 3.94. The minimum Gasteiger partial charge on any atom is -0.408 e. The normalized spacial score (nSPS) is 19.4. The Kier molecular flexibility index (Phi) is 7.07. The number of benzene rings is 2. The topological polar surface area (TPSA) is 119 Å². The number of carbonyl (C=O) groups is 1. The number of oxazole rings is 1. The number of rotatable bonds is 6. The molecular weight excluding hydrogens is 443 g/mol. The van der Waals surface area contributed by atoms with E-state index in [9.17, 15) is 19.2 Å². The van der Waals surface area contributed by atoms with Gasteiger partial charge in [0.1, 0.15) is 18.1 Å². The van der Waals surface area contributed by atoms with Crippen molar-refractivity contribution in [3.05, 3.63) is 58.3 Å². The number of hydrogen-bond donors (Lipinski definition) is 2. The van der Waals surface area contributed by atoms with Gasteiger partial charge in [-0.05, 0) is 47.9 Å². The lowest BCUT2D eigenvalue weighted by Gasteiger charge is -2.24. The van der Waals surface area contributed by atoms with Crippen molar-refractivity contribution < 1.29 is 23.1 Å². The van der Waals surface area contributed by atoms with E-state index >= 15 is 0 Å². The molecule has 1 aromatic heterocycles. The second kappa shape index (κ2) is 10.2. The predicted octanol–water partition coefficient (Wildman–Crippen LogP) is 1.84. The van der Waals surface area contributed by atoms with Crippen LogP contribution in [0.2, 0.25) is 0 Å². The average Bonchev–Trinajstić information content (AvgIpc) is 3.00. The van der Waals surface area contributed by atoms with Crippen molar-refractivity contribution in [2.75, 3.05) is 20.3 Å². The van der Waals surface area contributed by atoms with Gasteiger partial charge in [-0.25, -0.2) is 9.18 Å².